The Labute approximate surface area is 201 Å². The van der Waals surface area contributed by atoms with E-state index < -0.39 is 21.8 Å². The summed E-state index contributed by atoms with van der Waals surface area (Å²) in [5.74, 6) is -0.892. The van der Waals surface area contributed by atoms with Gasteiger partial charge in [0.2, 0.25) is 0 Å². The lowest BCUT2D eigenvalue weighted by molar-refractivity contribution is -0.118. The molecule has 2 heterocycles. The monoisotopic (exact) mass is 485 g/mol. The maximum atomic E-state index is 12.8. The Morgan fingerprint density at radius 3 is 2.40 bits per heavy atom. The minimum atomic E-state index is -4.02. The van der Waals surface area contributed by atoms with Gasteiger partial charge in [-0.15, -0.1) is 0 Å². The van der Waals surface area contributed by atoms with Gasteiger partial charge in [-0.1, -0.05) is 48.5 Å². The third kappa shape index (κ3) is 4.05. The molecule has 5 rings (SSSR count). The van der Waals surface area contributed by atoms with Crippen LogP contribution >= 0.6 is 0 Å². The summed E-state index contributed by atoms with van der Waals surface area (Å²) in [6.07, 6.45) is 0. The first kappa shape index (κ1) is 22.4. The van der Waals surface area contributed by atoms with Crippen LogP contribution in [0.5, 0.6) is 5.75 Å². The van der Waals surface area contributed by atoms with E-state index in [2.05, 4.69) is 10.0 Å². The number of benzene rings is 3. The fourth-order valence-corrected chi connectivity index (χ4v) is 5.42. The van der Waals surface area contributed by atoms with E-state index in [1.807, 2.05) is 30.3 Å². The second-order valence-corrected chi connectivity index (χ2v) is 9.81. The van der Waals surface area contributed by atoms with Crippen LogP contribution in [0.3, 0.4) is 0 Å². The molecule has 2 unspecified atom stereocenters. The second kappa shape index (κ2) is 8.74. The Balaban J connectivity index is 1.45. The molecule has 2 amide bonds. The Kier molecular flexibility index (Phi) is 5.59. The molecule has 9 heteroatoms. The van der Waals surface area contributed by atoms with Crippen molar-refractivity contribution in [1.29, 1.82) is 5.26 Å². The molecule has 2 atom stereocenters. The lowest BCUT2D eigenvalue weighted by atomic mass is 9.77. The summed E-state index contributed by atoms with van der Waals surface area (Å²) >= 11 is 0. The van der Waals surface area contributed by atoms with Gasteiger partial charge in [-0.3, -0.25) is 9.59 Å². The van der Waals surface area contributed by atoms with E-state index in [-0.39, 0.29) is 34.6 Å². The first-order chi connectivity index (χ1) is 16.9. The minimum Gasteiger partial charge on any atom is -0.492 e. The number of nitrogens with zero attached hydrogens (tertiary/aromatic N) is 1. The van der Waals surface area contributed by atoms with Crippen molar-refractivity contribution in [3.63, 3.8) is 0 Å². The molecule has 174 valence electrons. The summed E-state index contributed by atoms with van der Waals surface area (Å²) in [5.41, 5.74) is 2.04. The Morgan fingerprint density at radius 2 is 1.69 bits per heavy atom. The molecular formula is C26H19N3O5S. The van der Waals surface area contributed by atoms with Crippen LogP contribution in [0.15, 0.2) is 89.3 Å². The van der Waals surface area contributed by atoms with Crippen LogP contribution in [-0.2, 0) is 14.8 Å². The van der Waals surface area contributed by atoms with Gasteiger partial charge in [-0.25, -0.2) is 13.1 Å². The molecule has 0 aliphatic carbocycles. The predicted molar refractivity (Wildman–Crippen MR) is 126 cm³/mol. The van der Waals surface area contributed by atoms with Gasteiger partial charge in [-0.2, -0.15) is 5.26 Å². The summed E-state index contributed by atoms with van der Waals surface area (Å²) in [6.45, 7) is 0.264. The number of nitriles is 1. The van der Waals surface area contributed by atoms with Crippen LogP contribution in [0.4, 0.5) is 0 Å². The number of carbonyl (C=O) groups excluding carboxylic acids is 2. The smallest absolute Gasteiger partial charge is 0.264 e. The number of amides is 2. The van der Waals surface area contributed by atoms with E-state index in [4.69, 9.17) is 4.74 Å². The number of rotatable bonds is 4. The lowest BCUT2D eigenvalue weighted by Crippen LogP contribution is -2.44. The highest BCUT2D eigenvalue weighted by atomic mass is 32.2. The summed E-state index contributed by atoms with van der Waals surface area (Å²) in [4.78, 5) is 25.4. The van der Waals surface area contributed by atoms with E-state index in [9.17, 15) is 23.3 Å². The van der Waals surface area contributed by atoms with E-state index in [0.717, 1.165) is 5.56 Å². The van der Waals surface area contributed by atoms with Crippen molar-refractivity contribution in [2.75, 3.05) is 6.61 Å². The molecule has 0 radical (unpaired) electrons. The van der Waals surface area contributed by atoms with Crippen molar-refractivity contribution in [3.8, 4) is 11.8 Å². The van der Waals surface area contributed by atoms with Crippen molar-refractivity contribution in [3.05, 3.63) is 101 Å². The van der Waals surface area contributed by atoms with Gasteiger partial charge in [0.25, 0.3) is 21.8 Å². The van der Waals surface area contributed by atoms with Crippen LogP contribution < -0.4 is 14.8 Å². The van der Waals surface area contributed by atoms with Crippen molar-refractivity contribution >= 4 is 27.4 Å². The highest BCUT2D eigenvalue weighted by molar-refractivity contribution is 7.90. The number of ether oxygens (including phenoxy) is 1. The largest absolute Gasteiger partial charge is 0.492 e. The number of fused-ring (bicyclic) bond motifs is 3. The molecule has 2 aliphatic heterocycles. The molecule has 3 aromatic rings. The first-order valence-corrected chi connectivity index (χ1v) is 12.3. The van der Waals surface area contributed by atoms with E-state index in [1.54, 1.807) is 30.3 Å². The molecule has 0 spiro atoms. The van der Waals surface area contributed by atoms with Gasteiger partial charge in [0.15, 0.2) is 0 Å². The van der Waals surface area contributed by atoms with Gasteiger partial charge in [0.05, 0.1) is 17.5 Å². The zero-order chi connectivity index (χ0) is 24.6. The lowest BCUT2D eigenvalue weighted by Gasteiger charge is -2.39. The third-order valence-electron chi connectivity index (χ3n) is 6.08. The number of sulfonamides is 1. The number of carbonyl (C=O) groups is 2. The Hall–Kier alpha value is -4.42. The summed E-state index contributed by atoms with van der Waals surface area (Å²) in [5, 5.41) is 12.6. The quantitative estimate of drug-likeness (QED) is 0.585. The number of nitrogens with one attached hydrogen (secondary N) is 2. The van der Waals surface area contributed by atoms with Crippen molar-refractivity contribution < 1.29 is 22.7 Å². The van der Waals surface area contributed by atoms with Crippen molar-refractivity contribution in [2.45, 2.75) is 10.9 Å². The standard InChI is InChI=1S/C26H19N3O5S/c27-14-20-23(21-15-34-22-9-5-4-8-19(22)24(21)28-26(20)31)16-10-12-17(13-11-16)25(30)29-35(32,33)18-6-2-1-3-7-18/h1-13,21,24H,15H2,(H,28,31)(H,29,30). The SMILES string of the molecule is N#CC1=C(c2ccc(C(=O)NS(=O)(=O)c3ccccc3)cc2)C2COc3ccccc3C2NC1=O. The van der Waals surface area contributed by atoms with Gasteiger partial charge >= 0.3 is 0 Å². The van der Waals surface area contributed by atoms with Crippen LogP contribution in [0.2, 0.25) is 0 Å². The Bertz CT molecular complexity index is 1510. The highest BCUT2D eigenvalue weighted by Crippen LogP contribution is 2.45. The van der Waals surface area contributed by atoms with Crippen LogP contribution in [0.25, 0.3) is 5.57 Å². The fraction of sp³-hybridized carbons (Fsp3) is 0.115. The highest BCUT2D eigenvalue weighted by Gasteiger charge is 2.41. The second-order valence-electron chi connectivity index (χ2n) is 8.13. The maximum absolute atomic E-state index is 12.8. The number of hydrogen-bond donors (Lipinski definition) is 2. The fourth-order valence-electron chi connectivity index (χ4n) is 4.42. The average Bonchev–Trinajstić information content (AvgIpc) is 2.88. The molecule has 0 bridgehead atoms. The number of hydrogen-bond acceptors (Lipinski definition) is 6. The zero-order valence-corrected chi connectivity index (χ0v) is 19.1. The van der Waals surface area contributed by atoms with E-state index in [1.165, 1.54) is 24.3 Å². The molecule has 0 saturated heterocycles. The van der Waals surface area contributed by atoms with Crippen molar-refractivity contribution in [1.82, 2.24) is 10.0 Å². The van der Waals surface area contributed by atoms with Gasteiger partial charge in [-0.05, 0) is 41.5 Å². The normalized spacial score (nSPS) is 18.9. The van der Waals surface area contributed by atoms with Gasteiger partial charge in [0, 0.05) is 17.0 Å². The van der Waals surface area contributed by atoms with Crippen LogP contribution in [-0.4, -0.2) is 26.8 Å². The summed E-state index contributed by atoms with van der Waals surface area (Å²) < 4.78 is 32.9. The maximum Gasteiger partial charge on any atom is 0.264 e. The molecule has 0 fully saturated rings. The predicted octanol–water partition coefficient (Wildman–Crippen LogP) is 2.96. The molecule has 2 N–H and O–H groups in total. The number of para-hydroxylation sites is 1. The topological polar surface area (TPSA) is 125 Å². The van der Waals surface area contributed by atoms with Gasteiger partial charge < -0.3 is 10.1 Å². The molecule has 0 aromatic heterocycles. The molecule has 2 aliphatic rings. The van der Waals surface area contributed by atoms with E-state index >= 15 is 0 Å². The summed E-state index contributed by atoms with van der Waals surface area (Å²) in [6, 6.07) is 22.8. The van der Waals surface area contributed by atoms with Gasteiger partial charge in [0.1, 0.15) is 17.4 Å². The molecular weight excluding hydrogens is 466 g/mol. The first-order valence-electron chi connectivity index (χ1n) is 10.8. The van der Waals surface area contributed by atoms with Crippen molar-refractivity contribution in [2.24, 2.45) is 5.92 Å². The van der Waals surface area contributed by atoms with E-state index in [0.29, 0.717) is 16.9 Å². The molecule has 0 saturated carbocycles. The molecule has 35 heavy (non-hydrogen) atoms. The third-order valence-corrected chi connectivity index (χ3v) is 7.43. The summed E-state index contributed by atoms with van der Waals surface area (Å²) in [7, 11) is -4.02. The van der Waals surface area contributed by atoms with Crippen LogP contribution in [0.1, 0.15) is 27.5 Å². The minimum absolute atomic E-state index is 0.0157. The van der Waals surface area contributed by atoms with Crippen LogP contribution in [0, 0.1) is 17.2 Å². The Morgan fingerprint density at radius 1 is 1.00 bits per heavy atom. The molecule has 3 aromatic carbocycles. The zero-order valence-electron chi connectivity index (χ0n) is 18.3. The average molecular weight is 486 g/mol. The molecule has 8 nitrogen and oxygen atoms in total.